The van der Waals surface area contributed by atoms with Gasteiger partial charge in [-0.2, -0.15) is 35.3 Å². The van der Waals surface area contributed by atoms with E-state index in [1.807, 2.05) is 18.4 Å². The van der Waals surface area contributed by atoms with Crippen molar-refractivity contribution in [1.82, 2.24) is 19.7 Å². The number of H-pyrrole nitrogens is 1. The van der Waals surface area contributed by atoms with Crippen molar-refractivity contribution in [3.8, 4) is 17.6 Å². The molecule has 192 valence electrons. The van der Waals surface area contributed by atoms with Crippen molar-refractivity contribution < 1.29 is 17.9 Å². The third kappa shape index (κ3) is 6.06. The molecule has 1 aliphatic carbocycles. The van der Waals surface area contributed by atoms with Crippen molar-refractivity contribution in [2.45, 2.75) is 36.7 Å². The standard InChI is InChI=1S/C24H19ClF3N5O3S/c1-37-18-4-2-3-14(7-18)19-9-16(31-32-22(19)34)11-33-12-30-21(24(26,27)28)20(23(33)35)36-17-6-13(10-29)5-15(25)8-17/h2,4-6,8-9,12,14,18H,3,7,11H2,1H3,(H,32,34). The fourth-order valence-corrected chi connectivity index (χ4v) is 4.90. The summed E-state index contributed by atoms with van der Waals surface area (Å²) in [5.74, 6) is -1.37. The summed E-state index contributed by atoms with van der Waals surface area (Å²) in [4.78, 5) is 29.0. The Hall–Kier alpha value is -3.56. The first kappa shape index (κ1) is 26.5. The minimum absolute atomic E-state index is 0.0338. The highest BCUT2D eigenvalue weighted by Gasteiger charge is 2.39. The number of nitrogens with zero attached hydrogens (tertiary/aromatic N) is 4. The number of nitriles is 1. The molecule has 13 heteroatoms. The number of ether oxygens (including phenoxy) is 1. The van der Waals surface area contributed by atoms with Crippen LogP contribution < -0.4 is 15.9 Å². The zero-order valence-corrected chi connectivity index (χ0v) is 20.8. The minimum Gasteiger partial charge on any atom is -0.449 e. The van der Waals surface area contributed by atoms with Crippen molar-refractivity contribution in [2.75, 3.05) is 6.26 Å². The Kier molecular flexibility index (Phi) is 7.75. The monoisotopic (exact) mass is 549 g/mol. The van der Waals surface area contributed by atoms with Crippen LogP contribution in [0, 0.1) is 11.3 Å². The van der Waals surface area contributed by atoms with E-state index in [1.54, 1.807) is 17.8 Å². The van der Waals surface area contributed by atoms with Gasteiger partial charge in [-0.1, -0.05) is 23.8 Å². The molecule has 4 rings (SSSR count). The second kappa shape index (κ2) is 10.8. The average Bonchev–Trinajstić information content (AvgIpc) is 2.86. The van der Waals surface area contributed by atoms with Crippen LogP contribution in [0.25, 0.3) is 0 Å². The fourth-order valence-electron chi connectivity index (χ4n) is 3.98. The van der Waals surface area contributed by atoms with Gasteiger partial charge in [0.2, 0.25) is 5.75 Å². The molecule has 0 spiro atoms. The van der Waals surface area contributed by atoms with Crippen LogP contribution in [0.1, 0.15) is 41.3 Å². The number of nitrogens with one attached hydrogen (secondary N) is 1. The van der Waals surface area contributed by atoms with E-state index in [1.165, 1.54) is 12.1 Å². The fraction of sp³-hybridized carbons (Fsp3) is 0.292. The highest BCUT2D eigenvalue weighted by molar-refractivity contribution is 7.99. The Labute approximate surface area is 217 Å². The number of rotatable bonds is 6. The molecule has 2 unspecified atom stereocenters. The summed E-state index contributed by atoms with van der Waals surface area (Å²) < 4.78 is 47.1. The smallest absolute Gasteiger partial charge is 0.437 e. The lowest BCUT2D eigenvalue weighted by Gasteiger charge is -2.23. The molecule has 0 saturated carbocycles. The van der Waals surface area contributed by atoms with Gasteiger partial charge in [-0.15, -0.1) is 0 Å². The molecule has 1 aromatic carbocycles. The molecule has 0 amide bonds. The highest BCUT2D eigenvalue weighted by Crippen LogP contribution is 2.35. The van der Waals surface area contributed by atoms with Crippen LogP contribution >= 0.6 is 23.4 Å². The van der Waals surface area contributed by atoms with E-state index in [4.69, 9.17) is 21.6 Å². The van der Waals surface area contributed by atoms with Gasteiger partial charge in [-0.25, -0.2) is 10.1 Å². The van der Waals surface area contributed by atoms with Crippen molar-refractivity contribution >= 4 is 23.4 Å². The molecule has 8 nitrogen and oxygen atoms in total. The molecule has 0 aliphatic heterocycles. The quantitative estimate of drug-likeness (QED) is 0.436. The van der Waals surface area contributed by atoms with Crippen LogP contribution in [0.2, 0.25) is 5.02 Å². The lowest BCUT2D eigenvalue weighted by molar-refractivity contribution is -0.142. The number of thioether (sulfide) groups is 1. The third-order valence-corrected chi connectivity index (χ3v) is 6.91. The van der Waals surface area contributed by atoms with Crippen LogP contribution in [0.5, 0.6) is 11.5 Å². The number of hydrogen-bond acceptors (Lipinski definition) is 7. The molecule has 3 aromatic rings. The molecule has 2 heterocycles. The molecule has 1 aliphatic rings. The van der Waals surface area contributed by atoms with Gasteiger partial charge in [0.1, 0.15) is 5.75 Å². The van der Waals surface area contributed by atoms with E-state index in [2.05, 4.69) is 21.3 Å². The molecule has 0 fully saturated rings. The lowest BCUT2D eigenvalue weighted by Crippen LogP contribution is -2.28. The normalized spacial score (nSPS) is 17.4. The molecule has 2 atom stereocenters. The summed E-state index contributed by atoms with van der Waals surface area (Å²) in [6.07, 6.45) is 3.24. The van der Waals surface area contributed by atoms with Gasteiger partial charge in [0.15, 0.2) is 5.69 Å². The summed E-state index contributed by atoms with van der Waals surface area (Å²) in [6, 6.07) is 6.99. The Morgan fingerprint density at radius 3 is 2.78 bits per heavy atom. The summed E-state index contributed by atoms with van der Waals surface area (Å²) in [6.45, 7) is -0.266. The number of allylic oxidation sites excluding steroid dienone is 1. The van der Waals surface area contributed by atoms with Crippen LogP contribution in [0.15, 0.2) is 52.3 Å². The van der Waals surface area contributed by atoms with Crippen LogP contribution in [-0.2, 0) is 12.7 Å². The van der Waals surface area contributed by atoms with Gasteiger partial charge in [0.25, 0.3) is 11.1 Å². The first-order chi connectivity index (χ1) is 17.6. The number of halogens is 4. The van der Waals surface area contributed by atoms with Gasteiger partial charge in [-0.3, -0.25) is 14.2 Å². The predicted molar refractivity (Wildman–Crippen MR) is 132 cm³/mol. The summed E-state index contributed by atoms with van der Waals surface area (Å²) in [5, 5.41) is 15.8. The van der Waals surface area contributed by atoms with Crippen LogP contribution in [-0.4, -0.2) is 31.3 Å². The van der Waals surface area contributed by atoms with Gasteiger partial charge in [0.05, 0.1) is 30.2 Å². The highest BCUT2D eigenvalue weighted by atomic mass is 35.5. The van der Waals surface area contributed by atoms with E-state index < -0.39 is 23.2 Å². The molecule has 2 aromatic heterocycles. The number of alkyl halides is 3. The van der Waals surface area contributed by atoms with Gasteiger partial charge >= 0.3 is 6.18 Å². The Morgan fingerprint density at radius 2 is 2.08 bits per heavy atom. The van der Waals surface area contributed by atoms with E-state index in [0.717, 1.165) is 23.4 Å². The summed E-state index contributed by atoms with van der Waals surface area (Å²) >= 11 is 7.59. The average molecular weight is 550 g/mol. The van der Waals surface area contributed by atoms with E-state index in [-0.39, 0.29) is 45.3 Å². The topological polar surface area (TPSA) is 114 Å². The van der Waals surface area contributed by atoms with Crippen LogP contribution in [0.3, 0.4) is 0 Å². The van der Waals surface area contributed by atoms with E-state index in [0.29, 0.717) is 12.0 Å². The number of hydrogen-bond donors (Lipinski definition) is 1. The maximum absolute atomic E-state index is 13.7. The first-order valence-electron chi connectivity index (χ1n) is 10.9. The minimum atomic E-state index is -4.99. The third-order valence-electron chi connectivity index (χ3n) is 5.73. The SMILES string of the molecule is CSC1C=CCC(c2cc(Cn3cnc(C(F)(F)F)c(Oc4cc(Cl)cc(C#N)c4)c3=O)n[nH]c2=O)C1. The van der Waals surface area contributed by atoms with Crippen molar-refractivity contribution in [3.63, 3.8) is 0 Å². The number of benzene rings is 1. The molecule has 0 saturated heterocycles. The zero-order valence-electron chi connectivity index (χ0n) is 19.3. The van der Waals surface area contributed by atoms with Crippen molar-refractivity contribution in [2.24, 2.45) is 0 Å². The lowest BCUT2D eigenvalue weighted by atomic mass is 9.88. The van der Waals surface area contributed by atoms with Gasteiger partial charge in [0, 0.05) is 15.8 Å². The number of aromatic amines is 1. The van der Waals surface area contributed by atoms with Gasteiger partial charge < -0.3 is 4.74 Å². The second-order valence-electron chi connectivity index (χ2n) is 8.26. The molecule has 1 N–H and O–H groups in total. The Balaban J connectivity index is 1.71. The first-order valence-corrected chi connectivity index (χ1v) is 12.6. The van der Waals surface area contributed by atoms with Crippen molar-refractivity contribution in [3.05, 3.63) is 91.0 Å². The Bertz CT molecular complexity index is 1510. The van der Waals surface area contributed by atoms with Gasteiger partial charge in [-0.05, 0) is 49.3 Å². The molecule has 37 heavy (non-hydrogen) atoms. The van der Waals surface area contributed by atoms with E-state index >= 15 is 0 Å². The summed E-state index contributed by atoms with van der Waals surface area (Å²) in [7, 11) is 0. The van der Waals surface area contributed by atoms with Crippen LogP contribution in [0.4, 0.5) is 13.2 Å². The molecular formula is C24H19ClF3N5O3S. The predicted octanol–water partition coefficient (Wildman–Crippen LogP) is 4.88. The second-order valence-corrected chi connectivity index (χ2v) is 9.77. The molecule has 0 bridgehead atoms. The van der Waals surface area contributed by atoms with E-state index in [9.17, 15) is 22.8 Å². The molecular weight excluding hydrogens is 531 g/mol. The maximum atomic E-state index is 13.7. The Morgan fingerprint density at radius 1 is 1.30 bits per heavy atom. The number of aromatic nitrogens is 4. The largest absolute Gasteiger partial charge is 0.449 e. The van der Waals surface area contributed by atoms with Crippen molar-refractivity contribution in [1.29, 1.82) is 5.26 Å². The maximum Gasteiger partial charge on any atom is 0.437 e. The summed E-state index contributed by atoms with van der Waals surface area (Å²) in [5.41, 5.74) is -2.24. The molecule has 0 radical (unpaired) electrons. The zero-order chi connectivity index (χ0) is 26.7.